The van der Waals surface area contributed by atoms with Crippen molar-refractivity contribution in [3.8, 4) is 11.6 Å². The molecular weight excluding hydrogens is 349 g/mol. The zero-order valence-electron chi connectivity index (χ0n) is 15.4. The molecule has 1 aliphatic heterocycles. The molecule has 1 aromatic heterocycles. The first kappa shape index (κ1) is 19.1. The van der Waals surface area contributed by atoms with E-state index in [1.807, 2.05) is 0 Å². The Balaban J connectivity index is 1.54. The fraction of sp³-hybridized carbons (Fsp3) is 0.400. The van der Waals surface area contributed by atoms with Crippen molar-refractivity contribution in [2.45, 2.75) is 31.8 Å². The standard InChI is InChI=1S/C20H24FN3O3/c1-24(13-3-5-16-6-4-14-26-16)20(25)23-18-7-2-12-22-19(18)27-17-10-8-15(21)9-11-17/h2,7-12,16H,3-6,13-14H2,1H3,(H,23,25). The van der Waals surface area contributed by atoms with Crippen LogP contribution in [-0.4, -0.2) is 42.2 Å². The molecule has 27 heavy (non-hydrogen) atoms. The molecule has 3 rings (SSSR count). The lowest BCUT2D eigenvalue weighted by Crippen LogP contribution is -2.32. The van der Waals surface area contributed by atoms with Crippen molar-refractivity contribution in [2.24, 2.45) is 0 Å². The third-order valence-corrected chi connectivity index (χ3v) is 4.43. The van der Waals surface area contributed by atoms with Gasteiger partial charge in [-0.2, -0.15) is 0 Å². The van der Waals surface area contributed by atoms with Crippen LogP contribution >= 0.6 is 0 Å². The first-order valence-electron chi connectivity index (χ1n) is 9.14. The average molecular weight is 373 g/mol. The van der Waals surface area contributed by atoms with Gasteiger partial charge in [0.25, 0.3) is 0 Å². The molecular formula is C20H24FN3O3. The quantitative estimate of drug-likeness (QED) is 0.779. The van der Waals surface area contributed by atoms with Gasteiger partial charge in [-0.25, -0.2) is 14.2 Å². The number of pyridine rings is 1. The summed E-state index contributed by atoms with van der Waals surface area (Å²) in [5, 5.41) is 2.81. The van der Waals surface area contributed by atoms with Gasteiger partial charge in [0.2, 0.25) is 5.88 Å². The Kier molecular flexibility index (Phi) is 6.59. The summed E-state index contributed by atoms with van der Waals surface area (Å²) in [5.74, 6) is 0.349. The SMILES string of the molecule is CN(CCCC1CCCO1)C(=O)Nc1cccnc1Oc1ccc(F)cc1. The minimum atomic E-state index is -0.346. The molecule has 1 atom stereocenters. The number of halogens is 1. The van der Waals surface area contributed by atoms with E-state index in [1.165, 1.54) is 24.3 Å². The van der Waals surface area contributed by atoms with E-state index in [1.54, 1.807) is 30.3 Å². The molecule has 144 valence electrons. The zero-order chi connectivity index (χ0) is 19.1. The van der Waals surface area contributed by atoms with Crippen LogP contribution in [0.3, 0.4) is 0 Å². The highest BCUT2D eigenvalue weighted by Crippen LogP contribution is 2.27. The van der Waals surface area contributed by atoms with Crippen molar-refractivity contribution < 1.29 is 18.7 Å². The van der Waals surface area contributed by atoms with Crippen molar-refractivity contribution in [2.75, 3.05) is 25.5 Å². The Morgan fingerprint density at radius 3 is 2.93 bits per heavy atom. The number of carbonyl (C=O) groups is 1. The number of urea groups is 1. The number of anilines is 1. The number of nitrogens with one attached hydrogen (secondary N) is 1. The van der Waals surface area contributed by atoms with E-state index in [9.17, 15) is 9.18 Å². The molecule has 6 nitrogen and oxygen atoms in total. The van der Waals surface area contributed by atoms with Crippen LogP contribution in [0.5, 0.6) is 11.6 Å². The summed E-state index contributed by atoms with van der Waals surface area (Å²) in [4.78, 5) is 18.2. The number of carbonyl (C=O) groups excluding carboxylic acids is 1. The molecule has 2 amide bonds. The highest BCUT2D eigenvalue weighted by atomic mass is 19.1. The van der Waals surface area contributed by atoms with Gasteiger partial charge in [-0.15, -0.1) is 0 Å². The Hall–Kier alpha value is -2.67. The average Bonchev–Trinajstić information content (AvgIpc) is 3.18. The molecule has 2 heterocycles. The van der Waals surface area contributed by atoms with Crippen LogP contribution in [0.2, 0.25) is 0 Å². The minimum absolute atomic E-state index is 0.237. The molecule has 1 aliphatic rings. The fourth-order valence-electron chi connectivity index (χ4n) is 2.92. The molecule has 0 bridgehead atoms. The fourth-order valence-corrected chi connectivity index (χ4v) is 2.92. The van der Waals surface area contributed by atoms with Gasteiger partial charge in [-0.05, 0) is 62.1 Å². The summed E-state index contributed by atoms with van der Waals surface area (Å²) < 4.78 is 24.3. The molecule has 0 aliphatic carbocycles. The predicted molar refractivity (Wildman–Crippen MR) is 101 cm³/mol. The first-order chi connectivity index (χ1) is 13.1. The lowest BCUT2D eigenvalue weighted by atomic mass is 10.1. The maximum absolute atomic E-state index is 13.0. The van der Waals surface area contributed by atoms with Crippen molar-refractivity contribution >= 4 is 11.7 Å². The molecule has 2 aromatic rings. The highest BCUT2D eigenvalue weighted by molar-refractivity contribution is 5.90. The molecule has 0 saturated carbocycles. The highest BCUT2D eigenvalue weighted by Gasteiger charge is 2.17. The minimum Gasteiger partial charge on any atom is -0.437 e. The number of amides is 2. The number of hydrogen-bond acceptors (Lipinski definition) is 4. The molecule has 0 spiro atoms. The van der Waals surface area contributed by atoms with Gasteiger partial charge in [0.05, 0.1) is 6.10 Å². The number of nitrogens with zero attached hydrogens (tertiary/aromatic N) is 2. The van der Waals surface area contributed by atoms with Gasteiger partial charge in [-0.3, -0.25) is 0 Å². The van der Waals surface area contributed by atoms with Gasteiger partial charge in [0, 0.05) is 26.4 Å². The van der Waals surface area contributed by atoms with E-state index >= 15 is 0 Å². The van der Waals surface area contributed by atoms with Crippen molar-refractivity contribution in [3.05, 3.63) is 48.4 Å². The second-order valence-corrected chi connectivity index (χ2v) is 6.54. The number of benzene rings is 1. The molecule has 0 radical (unpaired) electrons. The largest absolute Gasteiger partial charge is 0.437 e. The normalized spacial score (nSPS) is 16.1. The van der Waals surface area contributed by atoms with E-state index in [0.29, 0.717) is 24.1 Å². The Morgan fingerprint density at radius 1 is 1.37 bits per heavy atom. The molecule has 1 unspecified atom stereocenters. The van der Waals surface area contributed by atoms with E-state index in [4.69, 9.17) is 9.47 Å². The lowest BCUT2D eigenvalue weighted by molar-refractivity contribution is 0.101. The Morgan fingerprint density at radius 2 is 2.19 bits per heavy atom. The van der Waals surface area contributed by atoms with Gasteiger partial charge in [0.1, 0.15) is 17.3 Å². The first-order valence-corrected chi connectivity index (χ1v) is 9.14. The summed E-state index contributed by atoms with van der Waals surface area (Å²) >= 11 is 0. The number of rotatable bonds is 7. The van der Waals surface area contributed by atoms with Gasteiger partial charge >= 0.3 is 6.03 Å². The lowest BCUT2D eigenvalue weighted by Gasteiger charge is -2.19. The van der Waals surface area contributed by atoms with Crippen LogP contribution in [0.25, 0.3) is 0 Å². The van der Waals surface area contributed by atoms with E-state index < -0.39 is 0 Å². The summed E-state index contributed by atoms with van der Waals surface area (Å²) in [6.07, 6.45) is 5.98. The predicted octanol–water partition coefficient (Wildman–Crippen LogP) is 4.44. The van der Waals surface area contributed by atoms with Gasteiger partial charge in [0.15, 0.2) is 0 Å². The van der Waals surface area contributed by atoms with Gasteiger partial charge < -0.3 is 19.7 Å². The number of aromatic nitrogens is 1. The second kappa shape index (κ2) is 9.32. The second-order valence-electron chi connectivity index (χ2n) is 6.54. The van der Waals surface area contributed by atoms with Crippen LogP contribution in [0.15, 0.2) is 42.6 Å². The van der Waals surface area contributed by atoms with Crippen LogP contribution in [-0.2, 0) is 4.74 Å². The Bertz CT molecular complexity index is 748. The van der Waals surface area contributed by atoms with Crippen molar-refractivity contribution in [1.29, 1.82) is 0 Å². The maximum Gasteiger partial charge on any atom is 0.321 e. The van der Waals surface area contributed by atoms with E-state index in [2.05, 4.69) is 10.3 Å². The van der Waals surface area contributed by atoms with Crippen LogP contribution in [0.4, 0.5) is 14.9 Å². The van der Waals surface area contributed by atoms with E-state index in [-0.39, 0.29) is 17.7 Å². The summed E-state index contributed by atoms with van der Waals surface area (Å²) in [6.45, 7) is 1.49. The monoisotopic (exact) mass is 373 g/mol. The third kappa shape index (κ3) is 5.65. The maximum atomic E-state index is 13.0. The summed E-state index contributed by atoms with van der Waals surface area (Å²) in [7, 11) is 1.75. The van der Waals surface area contributed by atoms with Crippen molar-refractivity contribution in [3.63, 3.8) is 0 Å². The molecule has 1 aromatic carbocycles. The van der Waals surface area contributed by atoms with E-state index in [0.717, 1.165) is 32.3 Å². The Labute approximate surface area is 158 Å². The summed E-state index contributed by atoms with van der Waals surface area (Å²) in [5.41, 5.74) is 0.456. The zero-order valence-corrected chi connectivity index (χ0v) is 15.4. The molecule has 1 fully saturated rings. The molecule has 1 N–H and O–H groups in total. The van der Waals surface area contributed by atoms with Crippen LogP contribution < -0.4 is 10.1 Å². The number of hydrogen-bond donors (Lipinski definition) is 1. The smallest absolute Gasteiger partial charge is 0.321 e. The third-order valence-electron chi connectivity index (χ3n) is 4.43. The number of ether oxygens (including phenoxy) is 2. The van der Waals surface area contributed by atoms with Crippen LogP contribution in [0, 0.1) is 5.82 Å². The molecule has 1 saturated heterocycles. The molecule has 7 heteroatoms. The van der Waals surface area contributed by atoms with Crippen molar-refractivity contribution in [1.82, 2.24) is 9.88 Å². The van der Waals surface area contributed by atoms with Crippen LogP contribution in [0.1, 0.15) is 25.7 Å². The van der Waals surface area contributed by atoms with Gasteiger partial charge in [-0.1, -0.05) is 0 Å². The summed E-state index contributed by atoms with van der Waals surface area (Å²) in [6, 6.07) is 8.81. The topological polar surface area (TPSA) is 63.7 Å².